The number of Topliss-reactive ketones (excluding diaryl/α,β-unsaturated/α-hetero) is 1. The van der Waals surface area contributed by atoms with Crippen molar-refractivity contribution < 1.29 is 4.79 Å². The molecule has 1 heterocycles. The predicted octanol–water partition coefficient (Wildman–Crippen LogP) is 4.04. The van der Waals surface area contributed by atoms with E-state index in [0.29, 0.717) is 18.1 Å². The van der Waals surface area contributed by atoms with Gasteiger partial charge in [-0.05, 0) is 37.3 Å². The summed E-state index contributed by atoms with van der Waals surface area (Å²) in [6.45, 7) is 3.92. The van der Waals surface area contributed by atoms with Gasteiger partial charge in [0.1, 0.15) is 5.78 Å². The van der Waals surface area contributed by atoms with Gasteiger partial charge in [-0.25, -0.2) is 0 Å². The molecule has 1 unspecified atom stereocenters. The van der Waals surface area contributed by atoms with E-state index in [9.17, 15) is 4.79 Å². The molecule has 0 aliphatic rings. The number of carbonyl (C=O) groups excluding carboxylic acids is 1. The Morgan fingerprint density at radius 2 is 2.06 bits per heavy atom. The van der Waals surface area contributed by atoms with Gasteiger partial charge >= 0.3 is 0 Å². The molecule has 2 heteroatoms. The molecule has 0 aliphatic heterocycles. The zero-order valence-corrected chi connectivity index (χ0v) is 11.4. The van der Waals surface area contributed by atoms with Crippen LogP contribution in [0.15, 0.2) is 30.5 Å². The predicted molar refractivity (Wildman–Crippen MR) is 75.9 cm³/mol. The third-order valence-electron chi connectivity index (χ3n) is 3.62. The van der Waals surface area contributed by atoms with Crippen LogP contribution in [0.25, 0.3) is 10.9 Å². The Hall–Kier alpha value is -1.57. The molecule has 2 rings (SSSR count). The molecule has 1 aromatic carbocycles. The van der Waals surface area contributed by atoms with E-state index in [-0.39, 0.29) is 0 Å². The Kier molecular flexibility index (Phi) is 3.85. The molecule has 0 aliphatic carbocycles. The standard InChI is InChI=1S/C16H21NO/c1-12(7-6-8-13(2)18)15-11-17(3)16-10-5-4-9-14(15)16/h4-5,9-12H,6-8H2,1-3H3. The zero-order valence-electron chi connectivity index (χ0n) is 11.4. The summed E-state index contributed by atoms with van der Waals surface area (Å²) < 4.78 is 2.19. The lowest BCUT2D eigenvalue weighted by Crippen LogP contribution is -1.96. The van der Waals surface area contributed by atoms with Crippen molar-refractivity contribution in [1.29, 1.82) is 0 Å². The Morgan fingerprint density at radius 1 is 1.33 bits per heavy atom. The van der Waals surface area contributed by atoms with Crippen molar-refractivity contribution in [1.82, 2.24) is 4.57 Å². The fraction of sp³-hybridized carbons (Fsp3) is 0.438. The van der Waals surface area contributed by atoms with Crippen LogP contribution in [0, 0.1) is 0 Å². The first-order chi connectivity index (χ1) is 8.59. The van der Waals surface area contributed by atoms with Gasteiger partial charge in [-0.15, -0.1) is 0 Å². The third kappa shape index (κ3) is 2.63. The summed E-state index contributed by atoms with van der Waals surface area (Å²) in [5.41, 5.74) is 2.68. The molecule has 18 heavy (non-hydrogen) atoms. The molecular weight excluding hydrogens is 222 g/mol. The third-order valence-corrected chi connectivity index (χ3v) is 3.62. The first-order valence-corrected chi connectivity index (χ1v) is 6.63. The molecule has 0 amide bonds. The fourth-order valence-electron chi connectivity index (χ4n) is 2.58. The van der Waals surface area contributed by atoms with Crippen molar-refractivity contribution in [2.24, 2.45) is 7.05 Å². The Labute approximate surface area is 109 Å². The molecular formula is C16H21NO. The first-order valence-electron chi connectivity index (χ1n) is 6.63. The molecule has 96 valence electrons. The maximum Gasteiger partial charge on any atom is 0.129 e. The van der Waals surface area contributed by atoms with Crippen LogP contribution in [0.4, 0.5) is 0 Å². The summed E-state index contributed by atoms with van der Waals surface area (Å²) in [4.78, 5) is 11.0. The minimum atomic E-state index is 0.292. The quantitative estimate of drug-likeness (QED) is 0.776. The average molecular weight is 243 g/mol. The maximum absolute atomic E-state index is 11.0. The van der Waals surface area contributed by atoms with E-state index in [1.807, 2.05) is 0 Å². The van der Waals surface area contributed by atoms with Crippen molar-refractivity contribution in [3.63, 3.8) is 0 Å². The molecule has 0 saturated heterocycles. The molecule has 0 spiro atoms. The second-order valence-electron chi connectivity index (χ2n) is 5.21. The van der Waals surface area contributed by atoms with Crippen LogP contribution in [-0.4, -0.2) is 10.4 Å². The second kappa shape index (κ2) is 5.38. The number of carbonyl (C=O) groups is 1. The zero-order chi connectivity index (χ0) is 13.1. The highest BCUT2D eigenvalue weighted by Gasteiger charge is 2.12. The minimum absolute atomic E-state index is 0.292. The molecule has 0 N–H and O–H groups in total. The van der Waals surface area contributed by atoms with Crippen molar-refractivity contribution in [2.75, 3.05) is 0 Å². The van der Waals surface area contributed by atoms with Gasteiger partial charge in [0.2, 0.25) is 0 Å². The van der Waals surface area contributed by atoms with Gasteiger partial charge < -0.3 is 9.36 Å². The summed E-state index contributed by atoms with van der Waals surface area (Å²) in [5.74, 6) is 0.801. The van der Waals surface area contributed by atoms with Crippen molar-refractivity contribution in [2.45, 2.75) is 39.0 Å². The van der Waals surface area contributed by atoms with Gasteiger partial charge in [-0.3, -0.25) is 0 Å². The van der Waals surface area contributed by atoms with Crippen LogP contribution in [0.3, 0.4) is 0 Å². The number of ketones is 1. The molecule has 2 aromatic rings. The fourth-order valence-corrected chi connectivity index (χ4v) is 2.58. The lowest BCUT2D eigenvalue weighted by atomic mass is 9.94. The highest BCUT2D eigenvalue weighted by molar-refractivity contribution is 5.84. The Morgan fingerprint density at radius 3 is 2.78 bits per heavy atom. The molecule has 1 atom stereocenters. The number of aromatic nitrogens is 1. The van der Waals surface area contributed by atoms with Crippen LogP contribution in [0.2, 0.25) is 0 Å². The number of fused-ring (bicyclic) bond motifs is 1. The largest absolute Gasteiger partial charge is 0.350 e. The van der Waals surface area contributed by atoms with E-state index in [1.165, 1.54) is 16.5 Å². The van der Waals surface area contributed by atoms with E-state index in [0.717, 1.165) is 12.8 Å². The lowest BCUT2D eigenvalue weighted by Gasteiger charge is -2.09. The van der Waals surface area contributed by atoms with E-state index in [1.54, 1.807) is 6.92 Å². The lowest BCUT2D eigenvalue weighted by molar-refractivity contribution is -0.117. The van der Waals surface area contributed by atoms with Crippen molar-refractivity contribution >= 4 is 16.7 Å². The molecule has 0 fully saturated rings. The molecule has 0 saturated carbocycles. The SMILES string of the molecule is CC(=O)CCCC(C)c1cn(C)c2ccccc12. The number of nitrogens with zero attached hydrogens (tertiary/aromatic N) is 1. The minimum Gasteiger partial charge on any atom is -0.350 e. The van der Waals surface area contributed by atoms with Crippen molar-refractivity contribution in [3.05, 3.63) is 36.0 Å². The Bertz CT molecular complexity index is 553. The van der Waals surface area contributed by atoms with Crippen LogP contribution < -0.4 is 0 Å². The topological polar surface area (TPSA) is 22.0 Å². The molecule has 0 radical (unpaired) electrons. The van der Waals surface area contributed by atoms with Gasteiger partial charge in [-0.1, -0.05) is 25.1 Å². The summed E-state index contributed by atoms with van der Waals surface area (Å²) in [6.07, 6.45) is 4.99. The van der Waals surface area contributed by atoms with Crippen molar-refractivity contribution in [3.8, 4) is 0 Å². The number of aryl methyl sites for hydroxylation is 1. The van der Waals surface area contributed by atoms with E-state index in [2.05, 4.69) is 49.0 Å². The number of benzene rings is 1. The maximum atomic E-state index is 11.0. The normalized spacial score (nSPS) is 12.8. The number of para-hydroxylation sites is 1. The van der Waals surface area contributed by atoms with Gasteiger partial charge in [0.05, 0.1) is 0 Å². The summed E-state index contributed by atoms with van der Waals surface area (Å²) in [6, 6.07) is 8.51. The molecule has 1 aromatic heterocycles. The van der Waals surface area contributed by atoms with Gasteiger partial charge in [-0.2, -0.15) is 0 Å². The number of rotatable bonds is 5. The Balaban J connectivity index is 2.17. The summed E-state index contributed by atoms with van der Waals surface area (Å²) in [7, 11) is 2.09. The van der Waals surface area contributed by atoms with Gasteiger partial charge in [0, 0.05) is 30.6 Å². The first kappa shape index (κ1) is 12.9. The van der Waals surface area contributed by atoms with E-state index in [4.69, 9.17) is 0 Å². The number of hydrogen-bond acceptors (Lipinski definition) is 1. The van der Waals surface area contributed by atoms with Crippen LogP contribution in [0.1, 0.15) is 44.6 Å². The number of hydrogen-bond donors (Lipinski definition) is 0. The highest BCUT2D eigenvalue weighted by Crippen LogP contribution is 2.30. The monoisotopic (exact) mass is 243 g/mol. The van der Waals surface area contributed by atoms with Crippen LogP contribution in [0.5, 0.6) is 0 Å². The van der Waals surface area contributed by atoms with Crippen LogP contribution in [-0.2, 0) is 11.8 Å². The van der Waals surface area contributed by atoms with Gasteiger partial charge in [0.25, 0.3) is 0 Å². The second-order valence-corrected chi connectivity index (χ2v) is 5.21. The molecule has 2 nitrogen and oxygen atoms in total. The average Bonchev–Trinajstić information content (AvgIpc) is 2.67. The van der Waals surface area contributed by atoms with E-state index < -0.39 is 0 Å². The van der Waals surface area contributed by atoms with E-state index >= 15 is 0 Å². The highest BCUT2D eigenvalue weighted by atomic mass is 16.1. The van der Waals surface area contributed by atoms with Crippen LogP contribution >= 0.6 is 0 Å². The summed E-state index contributed by atoms with van der Waals surface area (Å²) >= 11 is 0. The van der Waals surface area contributed by atoms with Gasteiger partial charge in [0.15, 0.2) is 0 Å². The smallest absolute Gasteiger partial charge is 0.129 e. The summed E-state index contributed by atoms with van der Waals surface area (Å²) in [5, 5.41) is 1.34. The molecule has 0 bridgehead atoms.